The minimum absolute atomic E-state index is 0.264. The summed E-state index contributed by atoms with van der Waals surface area (Å²) in [5.41, 5.74) is 1.73. The number of morpholine rings is 1. The average Bonchev–Trinajstić information content (AvgIpc) is 2.42. The number of ether oxygens (including phenoxy) is 2. The lowest BCUT2D eigenvalue weighted by Crippen LogP contribution is -2.46. The van der Waals surface area contributed by atoms with Crippen LogP contribution in [0.2, 0.25) is 0 Å². The van der Waals surface area contributed by atoms with Crippen LogP contribution in [0.25, 0.3) is 0 Å². The van der Waals surface area contributed by atoms with Crippen molar-refractivity contribution in [3.63, 3.8) is 0 Å². The highest BCUT2D eigenvalue weighted by molar-refractivity contribution is 5.89. The lowest BCUT2D eigenvalue weighted by atomic mass is 10.1. The van der Waals surface area contributed by atoms with Crippen LogP contribution in [0.1, 0.15) is 29.8 Å². The van der Waals surface area contributed by atoms with Gasteiger partial charge in [0.25, 0.3) is 0 Å². The van der Waals surface area contributed by atoms with Crippen molar-refractivity contribution in [3.05, 3.63) is 35.4 Å². The highest BCUT2D eigenvalue weighted by Crippen LogP contribution is 2.16. The van der Waals surface area contributed by atoms with Gasteiger partial charge in [0.2, 0.25) is 0 Å². The van der Waals surface area contributed by atoms with Crippen molar-refractivity contribution >= 4 is 5.97 Å². The van der Waals surface area contributed by atoms with Crippen LogP contribution in [0.3, 0.4) is 0 Å². The third-order valence-corrected chi connectivity index (χ3v) is 3.47. The van der Waals surface area contributed by atoms with Gasteiger partial charge in [-0.25, -0.2) is 4.79 Å². The Morgan fingerprint density at radius 3 is 3.00 bits per heavy atom. The summed E-state index contributed by atoms with van der Waals surface area (Å²) in [6.45, 7) is 6.76. The zero-order chi connectivity index (χ0) is 13.8. The van der Waals surface area contributed by atoms with Crippen LogP contribution in [0.5, 0.6) is 0 Å². The molecular weight excluding hydrogens is 242 g/mol. The number of hydrogen-bond acceptors (Lipinski definition) is 4. The van der Waals surface area contributed by atoms with Crippen molar-refractivity contribution in [3.8, 4) is 0 Å². The quantitative estimate of drug-likeness (QED) is 0.783. The number of carbonyl (C=O) groups is 1. The summed E-state index contributed by atoms with van der Waals surface area (Å²) in [4.78, 5) is 13.9. The highest BCUT2D eigenvalue weighted by atomic mass is 16.5. The van der Waals surface area contributed by atoms with Gasteiger partial charge in [-0.3, -0.25) is 4.90 Å². The van der Waals surface area contributed by atoms with E-state index in [2.05, 4.69) is 18.7 Å². The summed E-state index contributed by atoms with van der Waals surface area (Å²) in [7, 11) is 1.40. The van der Waals surface area contributed by atoms with E-state index < -0.39 is 0 Å². The van der Waals surface area contributed by atoms with E-state index in [0.717, 1.165) is 25.3 Å². The molecule has 0 amide bonds. The highest BCUT2D eigenvalue weighted by Gasteiger charge is 2.23. The van der Waals surface area contributed by atoms with Gasteiger partial charge in [-0.05, 0) is 31.5 Å². The Balaban J connectivity index is 2.08. The summed E-state index contributed by atoms with van der Waals surface area (Å²) in [6, 6.07) is 8.02. The van der Waals surface area contributed by atoms with E-state index in [9.17, 15) is 4.79 Å². The second-order valence-electron chi connectivity index (χ2n) is 5.11. The zero-order valence-corrected chi connectivity index (χ0v) is 11.8. The zero-order valence-electron chi connectivity index (χ0n) is 11.8. The number of hydrogen-bond donors (Lipinski definition) is 0. The Hall–Kier alpha value is -1.39. The second kappa shape index (κ2) is 6.17. The molecule has 0 N–H and O–H groups in total. The second-order valence-corrected chi connectivity index (χ2v) is 5.11. The number of nitrogens with zero attached hydrogens (tertiary/aromatic N) is 1. The normalized spacial score (nSPS) is 24.2. The van der Waals surface area contributed by atoms with E-state index in [1.54, 1.807) is 6.07 Å². The smallest absolute Gasteiger partial charge is 0.337 e. The Labute approximate surface area is 114 Å². The molecule has 1 aromatic carbocycles. The maximum atomic E-state index is 11.5. The first-order valence-corrected chi connectivity index (χ1v) is 6.63. The van der Waals surface area contributed by atoms with Gasteiger partial charge < -0.3 is 9.47 Å². The minimum Gasteiger partial charge on any atom is -0.465 e. The van der Waals surface area contributed by atoms with Crippen LogP contribution in [0, 0.1) is 0 Å². The van der Waals surface area contributed by atoms with Crippen LogP contribution in [0.15, 0.2) is 24.3 Å². The van der Waals surface area contributed by atoms with Crippen LogP contribution in [-0.2, 0) is 16.0 Å². The number of esters is 1. The molecule has 0 saturated carbocycles. The molecule has 1 heterocycles. The van der Waals surface area contributed by atoms with E-state index in [1.807, 2.05) is 18.2 Å². The molecule has 4 nitrogen and oxygen atoms in total. The first-order chi connectivity index (χ1) is 9.10. The van der Waals surface area contributed by atoms with Crippen molar-refractivity contribution in [1.29, 1.82) is 0 Å². The fourth-order valence-electron chi connectivity index (χ4n) is 2.34. The molecule has 2 rings (SSSR count). The Morgan fingerprint density at radius 1 is 1.47 bits per heavy atom. The summed E-state index contributed by atoms with van der Waals surface area (Å²) >= 11 is 0. The topological polar surface area (TPSA) is 38.8 Å². The molecule has 0 aliphatic carbocycles. The molecular formula is C15H21NO3. The van der Waals surface area contributed by atoms with E-state index in [4.69, 9.17) is 9.47 Å². The SMILES string of the molecule is COC(=O)c1cccc(CN2CC(C)OCC2C)c1. The minimum atomic E-state index is -0.287. The molecule has 19 heavy (non-hydrogen) atoms. The molecule has 2 unspecified atom stereocenters. The van der Waals surface area contributed by atoms with Gasteiger partial charge in [-0.15, -0.1) is 0 Å². The van der Waals surface area contributed by atoms with Crippen LogP contribution < -0.4 is 0 Å². The fourth-order valence-corrected chi connectivity index (χ4v) is 2.34. The van der Waals surface area contributed by atoms with E-state index in [1.165, 1.54) is 7.11 Å². The molecule has 1 fully saturated rings. The Bertz CT molecular complexity index is 447. The summed E-state index contributed by atoms with van der Waals surface area (Å²) in [5.74, 6) is -0.287. The van der Waals surface area contributed by atoms with Gasteiger partial charge in [0.1, 0.15) is 0 Å². The summed E-state index contributed by atoms with van der Waals surface area (Å²) < 4.78 is 10.4. The largest absolute Gasteiger partial charge is 0.465 e. The molecule has 1 aliphatic heterocycles. The molecule has 104 valence electrons. The fraction of sp³-hybridized carbons (Fsp3) is 0.533. The number of methoxy groups -OCH3 is 1. The lowest BCUT2D eigenvalue weighted by Gasteiger charge is -2.36. The molecule has 1 aromatic rings. The standard InChI is InChI=1S/C15H21NO3/c1-11-10-19-12(2)8-16(11)9-13-5-4-6-14(7-13)15(17)18-3/h4-7,11-12H,8-10H2,1-3H3. The maximum absolute atomic E-state index is 11.5. The van der Waals surface area contributed by atoms with Crippen LogP contribution in [0.4, 0.5) is 0 Å². The van der Waals surface area contributed by atoms with Gasteiger partial charge in [-0.2, -0.15) is 0 Å². The number of carbonyl (C=O) groups excluding carboxylic acids is 1. The van der Waals surface area contributed by atoms with Crippen LogP contribution >= 0.6 is 0 Å². The van der Waals surface area contributed by atoms with Gasteiger partial charge in [0.15, 0.2) is 0 Å². The molecule has 0 bridgehead atoms. The van der Waals surface area contributed by atoms with Gasteiger partial charge >= 0.3 is 5.97 Å². The van der Waals surface area contributed by atoms with Gasteiger partial charge in [0, 0.05) is 19.1 Å². The average molecular weight is 263 g/mol. The molecule has 2 atom stereocenters. The number of rotatable bonds is 3. The Morgan fingerprint density at radius 2 is 2.26 bits per heavy atom. The first-order valence-electron chi connectivity index (χ1n) is 6.63. The molecule has 0 spiro atoms. The van der Waals surface area contributed by atoms with Crippen molar-refractivity contribution in [2.24, 2.45) is 0 Å². The monoisotopic (exact) mass is 263 g/mol. The van der Waals surface area contributed by atoms with E-state index in [-0.39, 0.29) is 12.1 Å². The maximum Gasteiger partial charge on any atom is 0.337 e. The summed E-state index contributed by atoms with van der Waals surface area (Å²) in [5, 5.41) is 0. The van der Waals surface area contributed by atoms with Crippen molar-refractivity contribution in [2.45, 2.75) is 32.5 Å². The molecule has 1 aliphatic rings. The van der Waals surface area contributed by atoms with Crippen LogP contribution in [-0.4, -0.2) is 43.3 Å². The van der Waals surface area contributed by atoms with Crippen molar-refractivity contribution in [1.82, 2.24) is 4.90 Å². The Kier molecular flexibility index (Phi) is 4.56. The number of benzene rings is 1. The first kappa shape index (κ1) is 14.0. The van der Waals surface area contributed by atoms with E-state index in [0.29, 0.717) is 11.6 Å². The predicted molar refractivity (Wildman–Crippen MR) is 73.1 cm³/mol. The predicted octanol–water partition coefficient (Wildman–Crippen LogP) is 2.08. The lowest BCUT2D eigenvalue weighted by molar-refractivity contribution is -0.0526. The van der Waals surface area contributed by atoms with Gasteiger partial charge in [-0.1, -0.05) is 12.1 Å². The third kappa shape index (κ3) is 3.55. The molecule has 0 aromatic heterocycles. The van der Waals surface area contributed by atoms with E-state index >= 15 is 0 Å². The third-order valence-electron chi connectivity index (χ3n) is 3.47. The van der Waals surface area contributed by atoms with Crippen molar-refractivity contribution in [2.75, 3.05) is 20.3 Å². The molecule has 4 heteroatoms. The molecule has 0 radical (unpaired) electrons. The van der Waals surface area contributed by atoms with Crippen molar-refractivity contribution < 1.29 is 14.3 Å². The molecule has 1 saturated heterocycles. The summed E-state index contributed by atoms with van der Waals surface area (Å²) in [6.07, 6.45) is 0.264. The van der Waals surface area contributed by atoms with Gasteiger partial charge in [0.05, 0.1) is 25.4 Å².